The number of aromatic nitrogens is 2. The second-order valence-electron chi connectivity index (χ2n) is 7.47. The lowest BCUT2D eigenvalue weighted by Gasteiger charge is -2.40. The summed E-state index contributed by atoms with van der Waals surface area (Å²) >= 11 is 12.2. The van der Waals surface area contributed by atoms with Gasteiger partial charge in [0.2, 0.25) is 5.91 Å². The quantitative estimate of drug-likeness (QED) is 0.763. The van der Waals surface area contributed by atoms with Crippen LogP contribution < -0.4 is 4.90 Å². The molecule has 1 aromatic carbocycles. The molecule has 1 saturated heterocycles. The molecule has 0 aliphatic carbocycles. The van der Waals surface area contributed by atoms with Crippen LogP contribution in [0.4, 0.5) is 5.82 Å². The van der Waals surface area contributed by atoms with Crippen LogP contribution in [0.2, 0.25) is 10.0 Å². The topological polar surface area (TPSA) is 49.3 Å². The van der Waals surface area contributed by atoms with Gasteiger partial charge in [0, 0.05) is 32.4 Å². The van der Waals surface area contributed by atoms with Crippen molar-refractivity contribution in [3.63, 3.8) is 0 Å². The molecule has 0 saturated carbocycles. The van der Waals surface area contributed by atoms with E-state index in [2.05, 4.69) is 15.1 Å². The summed E-state index contributed by atoms with van der Waals surface area (Å²) in [4.78, 5) is 17.3. The van der Waals surface area contributed by atoms with E-state index in [0.29, 0.717) is 16.1 Å². The molecule has 1 aliphatic heterocycles. The van der Waals surface area contributed by atoms with E-state index in [1.165, 1.54) is 0 Å². The zero-order chi connectivity index (χ0) is 19.6. The summed E-state index contributed by atoms with van der Waals surface area (Å²) in [5.41, 5.74) is 0.221. The Kier molecular flexibility index (Phi) is 5.92. The number of anilines is 1. The van der Waals surface area contributed by atoms with E-state index in [4.69, 9.17) is 23.2 Å². The number of hydrogen-bond donors (Lipinski definition) is 0. The minimum Gasteiger partial charge on any atom is -0.355 e. The smallest absolute Gasteiger partial charge is 0.232 e. The van der Waals surface area contributed by atoms with Gasteiger partial charge >= 0.3 is 0 Å². The number of benzene rings is 1. The molecule has 1 aromatic heterocycles. The highest BCUT2D eigenvalue weighted by molar-refractivity contribution is 6.42. The van der Waals surface area contributed by atoms with Crippen molar-refractivity contribution in [2.24, 2.45) is 0 Å². The Morgan fingerprint density at radius 2 is 1.89 bits per heavy atom. The van der Waals surface area contributed by atoms with Crippen LogP contribution in [0.15, 0.2) is 36.5 Å². The van der Waals surface area contributed by atoms with Gasteiger partial charge in [-0.15, -0.1) is 5.10 Å². The third-order valence-corrected chi connectivity index (χ3v) is 6.13. The second-order valence-corrected chi connectivity index (χ2v) is 8.28. The van der Waals surface area contributed by atoms with Gasteiger partial charge in [0.15, 0.2) is 5.82 Å². The SMILES string of the molecule is CN(c1cccnn1)C1CCN(C(=O)C(C)(C)c2ccc(Cl)c(Cl)c2)CC1. The van der Waals surface area contributed by atoms with E-state index in [9.17, 15) is 4.79 Å². The lowest BCUT2D eigenvalue weighted by atomic mass is 9.82. The molecule has 0 atom stereocenters. The van der Waals surface area contributed by atoms with Gasteiger partial charge in [-0.2, -0.15) is 5.10 Å². The average Bonchev–Trinajstić information content (AvgIpc) is 2.69. The molecule has 2 aromatic rings. The number of rotatable bonds is 4. The summed E-state index contributed by atoms with van der Waals surface area (Å²) < 4.78 is 0. The molecule has 0 spiro atoms. The van der Waals surface area contributed by atoms with Gasteiger partial charge in [-0.3, -0.25) is 4.79 Å². The minimum atomic E-state index is -0.655. The molecule has 1 fully saturated rings. The zero-order valence-electron chi connectivity index (χ0n) is 15.8. The first kappa shape index (κ1) is 19.9. The van der Waals surface area contributed by atoms with Crippen LogP contribution in [-0.4, -0.2) is 47.2 Å². The van der Waals surface area contributed by atoms with Gasteiger partial charge in [-0.1, -0.05) is 29.3 Å². The summed E-state index contributed by atoms with van der Waals surface area (Å²) in [5.74, 6) is 0.972. The van der Waals surface area contributed by atoms with Crippen LogP contribution in [0.5, 0.6) is 0 Å². The zero-order valence-corrected chi connectivity index (χ0v) is 17.3. The molecular formula is C20H24Cl2N4O. The average molecular weight is 407 g/mol. The van der Waals surface area contributed by atoms with Gasteiger partial charge in [0.1, 0.15) is 0 Å². The molecule has 27 heavy (non-hydrogen) atoms. The monoisotopic (exact) mass is 406 g/mol. The van der Waals surface area contributed by atoms with Gasteiger partial charge in [0.05, 0.1) is 15.5 Å². The van der Waals surface area contributed by atoms with Crippen LogP contribution >= 0.6 is 23.2 Å². The maximum absolute atomic E-state index is 13.2. The predicted octanol–water partition coefficient (Wildman–Crippen LogP) is 4.19. The predicted molar refractivity (Wildman–Crippen MR) is 110 cm³/mol. The van der Waals surface area contributed by atoms with E-state index in [-0.39, 0.29) is 5.91 Å². The number of carbonyl (C=O) groups is 1. The summed E-state index contributed by atoms with van der Waals surface area (Å²) in [7, 11) is 2.03. The van der Waals surface area contributed by atoms with E-state index in [1.54, 1.807) is 18.3 Å². The van der Waals surface area contributed by atoms with E-state index in [0.717, 1.165) is 37.3 Å². The van der Waals surface area contributed by atoms with Crippen LogP contribution in [0.1, 0.15) is 32.3 Å². The molecule has 144 valence electrons. The highest BCUT2D eigenvalue weighted by atomic mass is 35.5. The lowest BCUT2D eigenvalue weighted by Crippen LogP contribution is -2.50. The van der Waals surface area contributed by atoms with Crippen LogP contribution in [0.3, 0.4) is 0 Å². The fraction of sp³-hybridized carbons (Fsp3) is 0.450. The van der Waals surface area contributed by atoms with Crippen molar-refractivity contribution in [3.05, 3.63) is 52.1 Å². The van der Waals surface area contributed by atoms with Crippen molar-refractivity contribution in [1.29, 1.82) is 0 Å². The van der Waals surface area contributed by atoms with Crippen molar-refractivity contribution in [3.8, 4) is 0 Å². The number of halogens is 2. The summed E-state index contributed by atoms with van der Waals surface area (Å²) in [6.45, 7) is 5.32. The number of likely N-dealkylation sites (tertiary alicyclic amines) is 1. The molecule has 0 unspecified atom stereocenters. The highest BCUT2D eigenvalue weighted by Crippen LogP contribution is 2.32. The second kappa shape index (κ2) is 8.03. The van der Waals surface area contributed by atoms with Crippen LogP contribution in [-0.2, 0) is 10.2 Å². The van der Waals surface area contributed by atoms with Crippen molar-refractivity contribution in [1.82, 2.24) is 15.1 Å². The van der Waals surface area contributed by atoms with Gasteiger partial charge in [-0.25, -0.2) is 0 Å². The fourth-order valence-corrected chi connectivity index (χ4v) is 3.83. The highest BCUT2D eigenvalue weighted by Gasteiger charge is 2.36. The Balaban J connectivity index is 1.66. The van der Waals surface area contributed by atoms with E-state index in [1.807, 2.05) is 44.0 Å². The maximum Gasteiger partial charge on any atom is 0.232 e. The van der Waals surface area contributed by atoms with Gasteiger partial charge in [-0.05, 0) is 56.5 Å². The molecule has 5 nitrogen and oxygen atoms in total. The number of piperidine rings is 1. The third kappa shape index (κ3) is 4.19. The molecule has 1 amide bonds. The standard InChI is InChI=1S/C20H24Cl2N4O/c1-20(2,14-6-7-16(21)17(22)13-14)19(27)26-11-8-15(9-12-26)25(3)18-5-4-10-23-24-18/h4-7,10,13,15H,8-9,11-12H2,1-3H3. The summed E-state index contributed by atoms with van der Waals surface area (Å²) in [5, 5.41) is 9.09. The number of nitrogens with zero attached hydrogens (tertiary/aromatic N) is 4. The van der Waals surface area contributed by atoms with Crippen LogP contribution in [0.25, 0.3) is 0 Å². The van der Waals surface area contributed by atoms with Gasteiger partial charge in [0.25, 0.3) is 0 Å². The van der Waals surface area contributed by atoms with Crippen LogP contribution in [0, 0.1) is 0 Å². The van der Waals surface area contributed by atoms with Crippen molar-refractivity contribution >= 4 is 34.9 Å². The Morgan fingerprint density at radius 1 is 1.19 bits per heavy atom. The molecule has 7 heteroatoms. The molecule has 0 radical (unpaired) electrons. The minimum absolute atomic E-state index is 0.112. The van der Waals surface area contributed by atoms with E-state index < -0.39 is 5.41 Å². The fourth-order valence-electron chi connectivity index (χ4n) is 3.53. The molecule has 0 N–H and O–H groups in total. The molecule has 1 aliphatic rings. The van der Waals surface area contributed by atoms with Crippen molar-refractivity contribution < 1.29 is 4.79 Å². The molecule has 3 rings (SSSR count). The Bertz CT molecular complexity index is 805. The van der Waals surface area contributed by atoms with Crippen molar-refractivity contribution in [2.75, 3.05) is 25.0 Å². The number of carbonyl (C=O) groups excluding carboxylic acids is 1. The Hall–Kier alpha value is -1.85. The van der Waals surface area contributed by atoms with Crippen molar-refractivity contribution in [2.45, 2.75) is 38.1 Å². The summed E-state index contributed by atoms with van der Waals surface area (Å²) in [6.07, 6.45) is 3.47. The third-order valence-electron chi connectivity index (χ3n) is 5.39. The maximum atomic E-state index is 13.2. The first-order valence-electron chi connectivity index (χ1n) is 9.06. The van der Waals surface area contributed by atoms with E-state index >= 15 is 0 Å². The molecular weight excluding hydrogens is 383 g/mol. The number of hydrogen-bond acceptors (Lipinski definition) is 4. The largest absolute Gasteiger partial charge is 0.355 e. The Morgan fingerprint density at radius 3 is 2.48 bits per heavy atom. The molecule has 0 bridgehead atoms. The van der Waals surface area contributed by atoms with Gasteiger partial charge < -0.3 is 9.80 Å². The first-order chi connectivity index (χ1) is 12.8. The Labute approximate surface area is 170 Å². The lowest BCUT2D eigenvalue weighted by molar-refractivity contribution is -0.137. The number of amides is 1. The normalized spacial score (nSPS) is 15.7. The summed E-state index contributed by atoms with van der Waals surface area (Å²) in [6, 6.07) is 9.60. The molecule has 2 heterocycles. The first-order valence-corrected chi connectivity index (χ1v) is 9.81.